The Morgan fingerprint density at radius 1 is 1.22 bits per heavy atom. The van der Waals surface area contributed by atoms with Crippen LogP contribution in [-0.4, -0.2) is 42.8 Å². The number of rotatable bonds is 10. The molecule has 0 saturated carbocycles. The van der Waals surface area contributed by atoms with Crippen molar-refractivity contribution in [2.45, 2.75) is 39.3 Å². The number of amidine groups is 1. The first kappa shape index (κ1) is 23.7. The molecule has 0 spiro atoms. The summed E-state index contributed by atoms with van der Waals surface area (Å²) in [5.74, 6) is 0.403. The average molecular weight is 455 g/mol. The van der Waals surface area contributed by atoms with Crippen LogP contribution in [0.1, 0.15) is 42.2 Å². The molecule has 0 saturated heterocycles. The zero-order valence-corrected chi connectivity index (χ0v) is 19.4. The minimum atomic E-state index is -0.0379. The van der Waals surface area contributed by atoms with Crippen molar-refractivity contribution in [1.82, 2.24) is 10.2 Å². The number of benzene rings is 1. The zero-order valence-electron chi connectivity index (χ0n) is 18.6. The number of nitrogens with two attached hydrogens (primary N) is 1. The van der Waals surface area contributed by atoms with Gasteiger partial charge in [-0.3, -0.25) is 9.59 Å². The van der Waals surface area contributed by atoms with E-state index in [1.165, 1.54) is 0 Å². The van der Waals surface area contributed by atoms with Crippen molar-refractivity contribution in [3.8, 4) is 0 Å². The Morgan fingerprint density at radius 2 is 1.97 bits per heavy atom. The highest BCUT2D eigenvalue weighted by Gasteiger charge is 2.22. The standard InChI is InChI=1S/C24H30N4O3S/c1-3-10-28(24(30)19-13-21-20(9-12-32-21)27-22(25)14-19)16-18-6-4-17(5-7-18)15-26-23(29)8-11-31-2/h4-7,9,12-13H,3,8,10-11,14-16H2,1-2H3,(H2,25,27)(H,26,29). The number of hydrogen-bond donors (Lipinski definition) is 2. The first-order valence-electron chi connectivity index (χ1n) is 10.7. The SMILES string of the molecule is CCCN(Cc1ccc(CNC(=O)CCOC)cc1)C(=O)C1=Cc2sccc2N=C(N)C1. The quantitative estimate of drug-likeness (QED) is 0.573. The molecule has 7 nitrogen and oxygen atoms in total. The molecule has 170 valence electrons. The van der Waals surface area contributed by atoms with Crippen LogP contribution in [0.3, 0.4) is 0 Å². The van der Waals surface area contributed by atoms with Crippen molar-refractivity contribution in [2.24, 2.45) is 10.7 Å². The molecule has 0 radical (unpaired) electrons. The summed E-state index contributed by atoms with van der Waals surface area (Å²) < 4.78 is 4.92. The van der Waals surface area contributed by atoms with Gasteiger partial charge in [0.15, 0.2) is 0 Å². The summed E-state index contributed by atoms with van der Waals surface area (Å²) in [6.07, 6.45) is 3.48. The number of carbonyl (C=O) groups excluding carboxylic acids is 2. The second kappa shape index (κ2) is 11.6. The third-order valence-corrected chi connectivity index (χ3v) is 5.94. The molecule has 1 aliphatic heterocycles. The summed E-state index contributed by atoms with van der Waals surface area (Å²) >= 11 is 1.56. The molecule has 32 heavy (non-hydrogen) atoms. The minimum Gasteiger partial charge on any atom is -0.387 e. The molecule has 1 aromatic heterocycles. The number of fused-ring (bicyclic) bond motifs is 1. The lowest BCUT2D eigenvalue weighted by atomic mass is 10.1. The second-order valence-corrected chi connectivity index (χ2v) is 8.63. The number of thiophene rings is 1. The smallest absolute Gasteiger partial charge is 0.250 e. The van der Waals surface area contributed by atoms with Gasteiger partial charge < -0.3 is 20.7 Å². The fourth-order valence-electron chi connectivity index (χ4n) is 3.44. The highest BCUT2D eigenvalue weighted by molar-refractivity contribution is 7.11. The number of nitrogens with one attached hydrogen (secondary N) is 1. The van der Waals surface area contributed by atoms with Crippen LogP contribution in [0.2, 0.25) is 0 Å². The van der Waals surface area contributed by atoms with E-state index in [-0.39, 0.29) is 11.8 Å². The van der Waals surface area contributed by atoms with Gasteiger partial charge in [0.25, 0.3) is 5.91 Å². The summed E-state index contributed by atoms with van der Waals surface area (Å²) in [5, 5.41) is 4.83. The predicted molar refractivity (Wildman–Crippen MR) is 129 cm³/mol. The maximum Gasteiger partial charge on any atom is 0.250 e. The van der Waals surface area contributed by atoms with Gasteiger partial charge in [-0.15, -0.1) is 11.3 Å². The van der Waals surface area contributed by atoms with Gasteiger partial charge in [0, 0.05) is 45.2 Å². The summed E-state index contributed by atoms with van der Waals surface area (Å²) in [4.78, 5) is 32.3. The molecule has 1 aromatic carbocycles. The summed E-state index contributed by atoms with van der Waals surface area (Å²) in [6, 6.07) is 9.88. The number of aliphatic imine (C=N–C) groups is 1. The molecule has 0 unspecified atom stereocenters. The number of hydrogen-bond acceptors (Lipinski definition) is 6. The van der Waals surface area contributed by atoms with Crippen LogP contribution in [0, 0.1) is 0 Å². The molecule has 2 aromatic rings. The van der Waals surface area contributed by atoms with Crippen LogP contribution in [0.4, 0.5) is 5.69 Å². The van der Waals surface area contributed by atoms with Gasteiger partial charge in [-0.05, 0) is 35.1 Å². The number of methoxy groups -OCH3 is 1. The molecular formula is C24H30N4O3S. The highest BCUT2D eigenvalue weighted by atomic mass is 32.1. The van der Waals surface area contributed by atoms with Crippen molar-refractivity contribution < 1.29 is 14.3 Å². The molecular weight excluding hydrogens is 424 g/mol. The second-order valence-electron chi connectivity index (χ2n) is 7.68. The van der Waals surface area contributed by atoms with Crippen LogP contribution in [-0.2, 0) is 27.4 Å². The normalized spacial score (nSPS) is 12.9. The largest absolute Gasteiger partial charge is 0.387 e. The van der Waals surface area contributed by atoms with Gasteiger partial charge in [-0.1, -0.05) is 31.2 Å². The van der Waals surface area contributed by atoms with Gasteiger partial charge in [0.05, 0.1) is 17.2 Å². The monoisotopic (exact) mass is 454 g/mol. The Morgan fingerprint density at radius 3 is 2.69 bits per heavy atom. The third-order valence-electron chi connectivity index (χ3n) is 5.09. The molecule has 2 heterocycles. The first-order chi connectivity index (χ1) is 15.5. The molecule has 0 aliphatic carbocycles. The number of amides is 2. The number of carbonyl (C=O) groups is 2. The van der Waals surface area contributed by atoms with Crippen LogP contribution in [0.5, 0.6) is 0 Å². The van der Waals surface area contributed by atoms with Crippen LogP contribution >= 0.6 is 11.3 Å². The number of nitrogens with zero attached hydrogens (tertiary/aromatic N) is 2. The van der Waals surface area contributed by atoms with E-state index in [9.17, 15) is 9.59 Å². The van der Waals surface area contributed by atoms with Crippen molar-refractivity contribution in [3.63, 3.8) is 0 Å². The van der Waals surface area contributed by atoms with E-state index < -0.39 is 0 Å². The molecule has 0 atom stereocenters. The van der Waals surface area contributed by atoms with Crippen molar-refractivity contribution in [2.75, 3.05) is 20.3 Å². The van der Waals surface area contributed by atoms with Crippen LogP contribution in [0.15, 0.2) is 46.3 Å². The summed E-state index contributed by atoms with van der Waals surface area (Å²) in [7, 11) is 1.58. The molecule has 3 rings (SSSR count). The van der Waals surface area contributed by atoms with E-state index in [1.54, 1.807) is 18.4 Å². The molecule has 0 fully saturated rings. The fraction of sp³-hybridized carbons (Fsp3) is 0.375. The van der Waals surface area contributed by atoms with Crippen molar-refractivity contribution in [1.29, 1.82) is 0 Å². The van der Waals surface area contributed by atoms with E-state index in [4.69, 9.17) is 10.5 Å². The Kier molecular flexibility index (Phi) is 8.58. The molecule has 0 bridgehead atoms. The van der Waals surface area contributed by atoms with Crippen molar-refractivity contribution in [3.05, 3.63) is 57.3 Å². The van der Waals surface area contributed by atoms with E-state index in [2.05, 4.69) is 17.2 Å². The fourth-order valence-corrected chi connectivity index (χ4v) is 4.23. The summed E-state index contributed by atoms with van der Waals surface area (Å²) in [6.45, 7) is 4.11. The van der Waals surface area contributed by atoms with Gasteiger partial charge in [0.1, 0.15) is 5.84 Å². The van der Waals surface area contributed by atoms with Gasteiger partial charge >= 0.3 is 0 Å². The van der Waals surface area contributed by atoms with Gasteiger partial charge in [-0.2, -0.15) is 0 Å². The third kappa shape index (κ3) is 6.51. The van der Waals surface area contributed by atoms with Crippen LogP contribution < -0.4 is 11.1 Å². The minimum absolute atomic E-state index is 0.0132. The van der Waals surface area contributed by atoms with Gasteiger partial charge in [0.2, 0.25) is 5.91 Å². The predicted octanol–water partition coefficient (Wildman–Crippen LogP) is 3.62. The Hall–Kier alpha value is -2.97. The molecule has 3 N–H and O–H groups in total. The summed E-state index contributed by atoms with van der Waals surface area (Å²) in [5.41, 5.74) is 9.59. The van der Waals surface area contributed by atoms with Crippen molar-refractivity contribution >= 4 is 40.8 Å². The number of ether oxygens (including phenoxy) is 1. The maximum atomic E-state index is 13.3. The van der Waals surface area contributed by atoms with Gasteiger partial charge in [-0.25, -0.2) is 4.99 Å². The van der Waals surface area contributed by atoms with E-state index >= 15 is 0 Å². The van der Waals surface area contributed by atoms with E-state index in [1.807, 2.05) is 46.7 Å². The Bertz CT molecular complexity index is 995. The van der Waals surface area contributed by atoms with E-state index in [0.717, 1.165) is 28.1 Å². The molecule has 8 heteroatoms. The van der Waals surface area contributed by atoms with Crippen LogP contribution in [0.25, 0.3) is 6.08 Å². The zero-order chi connectivity index (χ0) is 22.9. The Balaban J connectivity index is 1.66. The highest BCUT2D eigenvalue weighted by Crippen LogP contribution is 2.31. The maximum absolute atomic E-state index is 13.3. The Labute approximate surface area is 193 Å². The lowest BCUT2D eigenvalue weighted by Crippen LogP contribution is -2.33. The topological polar surface area (TPSA) is 97.0 Å². The average Bonchev–Trinajstić information content (AvgIpc) is 3.15. The first-order valence-corrected chi connectivity index (χ1v) is 11.6. The van der Waals surface area contributed by atoms with E-state index in [0.29, 0.717) is 50.5 Å². The lowest BCUT2D eigenvalue weighted by Gasteiger charge is -2.23. The lowest BCUT2D eigenvalue weighted by molar-refractivity contribution is -0.127. The molecule has 2 amide bonds. The molecule has 1 aliphatic rings.